The molecule has 0 aliphatic rings. The molecular weight excluding hydrogens is 268 g/mol. The number of benzene rings is 2. The number of aryl methyl sites for hydroxylation is 1. The lowest BCUT2D eigenvalue weighted by Crippen LogP contribution is -2.06. The van der Waals surface area contributed by atoms with Crippen LogP contribution < -0.4 is 4.74 Å². The van der Waals surface area contributed by atoms with E-state index in [1.54, 1.807) is 0 Å². The third-order valence-electron chi connectivity index (χ3n) is 3.28. The van der Waals surface area contributed by atoms with Crippen molar-refractivity contribution in [3.8, 4) is 5.75 Å². The summed E-state index contributed by atoms with van der Waals surface area (Å²) in [6.07, 6.45) is 3.43. The Bertz CT molecular complexity index is 473. The highest BCUT2D eigenvalue weighted by Crippen LogP contribution is 2.24. The van der Waals surface area contributed by atoms with Gasteiger partial charge in [-0.05, 0) is 36.1 Å². The fourth-order valence-corrected chi connectivity index (χ4v) is 2.24. The summed E-state index contributed by atoms with van der Waals surface area (Å²) in [5.74, 6) is 0.954. The molecule has 0 heterocycles. The summed E-state index contributed by atoms with van der Waals surface area (Å²) in [6.45, 7) is 8.36. The highest BCUT2D eigenvalue weighted by Gasteiger charge is 2.10. The molecule has 2 aromatic carbocycles. The summed E-state index contributed by atoms with van der Waals surface area (Å²) in [4.78, 5) is 0. The van der Waals surface area contributed by atoms with E-state index < -0.39 is 0 Å². The first-order chi connectivity index (χ1) is 10.3. The molecule has 0 saturated heterocycles. The van der Waals surface area contributed by atoms with Gasteiger partial charge in [0.2, 0.25) is 0 Å². The number of hydrogen-bond acceptors (Lipinski definition) is 1. The van der Waals surface area contributed by atoms with E-state index in [0.717, 1.165) is 18.6 Å². The predicted octanol–water partition coefficient (Wildman–Crippen LogP) is 6.83. The van der Waals surface area contributed by atoms with Crippen molar-refractivity contribution in [2.45, 2.75) is 60.5 Å². The maximum Gasteiger partial charge on any atom is 0.123 e. The van der Waals surface area contributed by atoms with E-state index in [1.165, 1.54) is 17.5 Å². The van der Waals surface area contributed by atoms with E-state index in [1.807, 2.05) is 19.9 Å². The Kier molecular flexibility index (Phi) is 10.9. The van der Waals surface area contributed by atoms with Gasteiger partial charge in [0, 0.05) is 0 Å². The van der Waals surface area contributed by atoms with Crippen molar-refractivity contribution >= 4 is 0 Å². The molecule has 0 aromatic heterocycles. The second-order valence-electron chi connectivity index (χ2n) is 4.82. The van der Waals surface area contributed by atoms with Gasteiger partial charge in [-0.15, -0.1) is 0 Å². The fraction of sp³-hybridized carbons (Fsp3) is 0.429. The number of rotatable bonds is 6. The maximum atomic E-state index is 6.08. The standard InChI is InChI=1S/C18H22O.C2H6.CH4/c1-3-8-15-11-13-17(14-12-15)19-18(4-2)16-9-6-5-7-10-16;1-2;/h5-7,9-14,18H,3-4,8H2,1-2H3;1-2H3;1H4. The van der Waals surface area contributed by atoms with Crippen molar-refractivity contribution in [2.24, 2.45) is 0 Å². The first-order valence-corrected chi connectivity index (χ1v) is 8.14. The van der Waals surface area contributed by atoms with Gasteiger partial charge in [-0.3, -0.25) is 0 Å². The quantitative estimate of drug-likeness (QED) is 0.568. The molecule has 0 spiro atoms. The summed E-state index contributed by atoms with van der Waals surface area (Å²) in [5, 5.41) is 0. The molecule has 0 N–H and O–H groups in total. The van der Waals surface area contributed by atoms with E-state index in [4.69, 9.17) is 4.74 Å². The van der Waals surface area contributed by atoms with Gasteiger partial charge < -0.3 is 4.74 Å². The van der Waals surface area contributed by atoms with Gasteiger partial charge in [0.25, 0.3) is 0 Å². The normalized spacial score (nSPS) is 10.7. The zero-order valence-corrected chi connectivity index (χ0v) is 13.8. The van der Waals surface area contributed by atoms with E-state index in [9.17, 15) is 0 Å². The van der Waals surface area contributed by atoms with Crippen LogP contribution in [0.25, 0.3) is 0 Å². The largest absolute Gasteiger partial charge is 0.486 e. The average Bonchev–Trinajstić information content (AvgIpc) is 2.57. The summed E-state index contributed by atoms with van der Waals surface area (Å²) in [5.41, 5.74) is 2.62. The van der Waals surface area contributed by atoms with Crippen LogP contribution in [-0.4, -0.2) is 0 Å². The van der Waals surface area contributed by atoms with Crippen LogP contribution in [0.3, 0.4) is 0 Å². The van der Waals surface area contributed by atoms with E-state index in [-0.39, 0.29) is 13.5 Å². The molecule has 0 amide bonds. The molecule has 0 saturated carbocycles. The zero-order chi connectivity index (χ0) is 15.5. The monoisotopic (exact) mass is 300 g/mol. The Morgan fingerprint density at radius 1 is 0.864 bits per heavy atom. The third-order valence-corrected chi connectivity index (χ3v) is 3.28. The fourth-order valence-electron chi connectivity index (χ4n) is 2.24. The SMILES string of the molecule is C.CC.CCCc1ccc(OC(CC)c2ccccc2)cc1. The molecule has 1 heteroatoms. The minimum Gasteiger partial charge on any atom is -0.486 e. The number of ether oxygens (including phenoxy) is 1. The van der Waals surface area contributed by atoms with Crippen molar-refractivity contribution in [2.75, 3.05) is 0 Å². The van der Waals surface area contributed by atoms with Crippen LogP contribution in [0.5, 0.6) is 5.75 Å². The Hall–Kier alpha value is -1.76. The Morgan fingerprint density at radius 2 is 1.45 bits per heavy atom. The maximum absolute atomic E-state index is 6.08. The summed E-state index contributed by atoms with van der Waals surface area (Å²) in [6, 6.07) is 18.9. The van der Waals surface area contributed by atoms with Crippen LogP contribution in [0.4, 0.5) is 0 Å². The molecule has 0 fully saturated rings. The predicted molar refractivity (Wildman–Crippen MR) is 98.6 cm³/mol. The molecule has 0 aliphatic heterocycles. The second kappa shape index (κ2) is 11.9. The summed E-state index contributed by atoms with van der Waals surface area (Å²) >= 11 is 0. The zero-order valence-electron chi connectivity index (χ0n) is 13.8. The van der Waals surface area contributed by atoms with Crippen LogP contribution in [0.15, 0.2) is 54.6 Å². The molecule has 1 unspecified atom stereocenters. The van der Waals surface area contributed by atoms with Crippen molar-refractivity contribution in [3.05, 3.63) is 65.7 Å². The van der Waals surface area contributed by atoms with Crippen molar-refractivity contribution < 1.29 is 4.74 Å². The first kappa shape index (κ1) is 20.2. The highest BCUT2D eigenvalue weighted by atomic mass is 16.5. The van der Waals surface area contributed by atoms with Gasteiger partial charge in [-0.2, -0.15) is 0 Å². The van der Waals surface area contributed by atoms with Crippen LogP contribution in [0.2, 0.25) is 0 Å². The minimum atomic E-state index is 0. The van der Waals surface area contributed by atoms with Gasteiger partial charge in [0.05, 0.1) is 0 Å². The van der Waals surface area contributed by atoms with Gasteiger partial charge in [-0.25, -0.2) is 0 Å². The molecule has 22 heavy (non-hydrogen) atoms. The lowest BCUT2D eigenvalue weighted by atomic mass is 10.1. The van der Waals surface area contributed by atoms with Gasteiger partial charge in [0.1, 0.15) is 11.9 Å². The molecule has 0 aliphatic carbocycles. The summed E-state index contributed by atoms with van der Waals surface area (Å²) in [7, 11) is 0. The van der Waals surface area contributed by atoms with Gasteiger partial charge in [0.15, 0.2) is 0 Å². The molecule has 122 valence electrons. The van der Waals surface area contributed by atoms with Crippen LogP contribution in [0, 0.1) is 0 Å². The number of hydrogen-bond donors (Lipinski definition) is 0. The van der Waals surface area contributed by atoms with E-state index >= 15 is 0 Å². The highest BCUT2D eigenvalue weighted by molar-refractivity contribution is 5.28. The van der Waals surface area contributed by atoms with Gasteiger partial charge in [-0.1, -0.05) is 84.0 Å². The Labute approximate surface area is 137 Å². The lowest BCUT2D eigenvalue weighted by molar-refractivity contribution is 0.201. The van der Waals surface area contributed by atoms with E-state index in [2.05, 4.69) is 62.4 Å². The smallest absolute Gasteiger partial charge is 0.123 e. The Morgan fingerprint density at radius 3 is 1.95 bits per heavy atom. The molecule has 0 radical (unpaired) electrons. The lowest BCUT2D eigenvalue weighted by Gasteiger charge is -2.18. The van der Waals surface area contributed by atoms with E-state index in [0.29, 0.717) is 0 Å². The minimum absolute atomic E-state index is 0. The Balaban J connectivity index is 0.00000141. The molecule has 1 atom stereocenters. The molecule has 2 rings (SSSR count). The van der Waals surface area contributed by atoms with Crippen molar-refractivity contribution in [1.82, 2.24) is 0 Å². The van der Waals surface area contributed by atoms with Gasteiger partial charge >= 0.3 is 0 Å². The molecular formula is C21H32O. The topological polar surface area (TPSA) is 9.23 Å². The first-order valence-electron chi connectivity index (χ1n) is 8.14. The molecule has 1 nitrogen and oxygen atoms in total. The van der Waals surface area contributed by atoms with Crippen LogP contribution in [-0.2, 0) is 6.42 Å². The summed E-state index contributed by atoms with van der Waals surface area (Å²) < 4.78 is 6.08. The van der Waals surface area contributed by atoms with Crippen molar-refractivity contribution in [1.29, 1.82) is 0 Å². The van der Waals surface area contributed by atoms with Crippen LogP contribution >= 0.6 is 0 Å². The van der Waals surface area contributed by atoms with Crippen LogP contribution in [0.1, 0.15) is 65.2 Å². The van der Waals surface area contributed by atoms with Crippen molar-refractivity contribution in [3.63, 3.8) is 0 Å². The average molecular weight is 300 g/mol. The third kappa shape index (κ3) is 6.34. The molecule has 2 aromatic rings. The second-order valence-corrected chi connectivity index (χ2v) is 4.82. The molecule has 0 bridgehead atoms.